The Morgan fingerprint density at radius 3 is 2.50 bits per heavy atom. The van der Waals surface area contributed by atoms with Crippen LogP contribution >= 0.6 is 11.3 Å². The van der Waals surface area contributed by atoms with Crippen LogP contribution in [0.25, 0.3) is 20.7 Å². The lowest BCUT2D eigenvalue weighted by atomic mass is 10.1. The van der Waals surface area contributed by atoms with E-state index in [4.69, 9.17) is 0 Å². The van der Waals surface area contributed by atoms with E-state index in [-0.39, 0.29) is 18.0 Å². The smallest absolute Gasteiger partial charge is 0.279 e. The Kier molecular flexibility index (Phi) is 4.75. The highest BCUT2D eigenvalue weighted by Crippen LogP contribution is 2.30. The van der Waals surface area contributed by atoms with E-state index in [2.05, 4.69) is 15.6 Å². The fourth-order valence-electron chi connectivity index (χ4n) is 3.11. The van der Waals surface area contributed by atoms with Gasteiger partial charge in [0.25, 0.3) is 5.56 Å². The number of carbonyl (C=O) groups is 1. The van der Waals surface area contributed by atoms with Gasteiger partial charge in [0.05, 0.1) is 5.39 Å². The molecule has 2 aromatic heterocycles. The van der Waals surface area contributed by atoms with Gasteiger partial charge in [0, 0.05) is 10.6 Å². The monoisotopic (exact) mass is 390 g/mol. The van der Waals surface area contributed by atoms with Gasteiger partial charge < -0.3 is 5.32 Å². The van der Waals surface area contributed by atoms with E-state index in [1.54, 1.807) is 0 Å². The standard InChI is InChI=1S/C21H18N4O2S/c1-13-8-14(2)10-16(9-13)22-19(26)12-25-21(27)17-11-18(28-20(17)23-24-25)15-6-4-3-5-7-15/h3-11H,12H2,1-2H3,(H,22,26). The van der Waals surface area contributed by atoms with Crippen LogP contribution in [0, 0.1) is 13.8 Å². The van der Waals surface area contributed by atoms with Crippen LogP contribution in [0.15, 0.2) is 59.4 Å². The highest BCUT2D eigenvalue weighted by atomic mass is 32.1. The molecule has 0 aliphatic rings. The summed E-state index contributed by atoms with van der Waals surface area (Å²) in [7, 11) is 0. The third-order valence-electron chi connectivity index (χ3n) is 4.28. The van der Waals surface area contributed by atoms with Crippen molar-refractivity contribution in [3.05, 3.63) is 76.1 Å². The summed E-state index contributed by atoms with van der Waals surface area (Å²) in [4.78, 5) is 26.6. The molecule has 0 saturated heterocycles. The number of nitrogens with one attached hydrogen (secondary N) is 1. The number of thiophene rings is 1. The summed E-state index contributed by atoms with van der Waals surface area (Å²) in [5.41, 5.74) is 3.51. The number of fused-ring (bicyclic) bond motifs is 1. The van der Waals surface area contributed by atoms with Crippen molar-refractivity contribution >= 4 is 33.1 Å². The maximum atomic E-state index is 12.8. The second-order valence-corrected chi connectivity index (χ2v) is 7.70. The van der Waals surface area contributed by atoms with Gasteiger partial charge in [-0.1, -0.05) is 41.6 Å². The van der Waals surface area contributed by atoms with Gasteiger partial charge in [0.2, 0.25) is 5.91 Å². The second-order valence-electron chi connectivity index (χ2n) is 6.67. The van der Waals surface area contributed by atoms with Crippen LogP contribution in [0.4, 0.5) is 5.69 Å². The largest absolute Gasteiger partial charge is 0.324 e. The Morgan fingerprint density at radius 2 is 1.79 bits per heavy atom. The molecule has 4 aromatic rings. The zero-order chi connectivity index (χ0) is 19.7. The normalized spacial score (nSPS) is 10.9. The minimum atomic E-state index is -0.320. The number of aryl methyl sites for hydroxylation is 2. The van der Waals surface area contributed by atoms with Gasteiger partial charge in [0.1, 0.15) is 6.54 Å². The zero-order valence-corrected chi connectivity index (χ0v) is 16.3. The molecule has 1 N–H and O–H groups in total. The molecule has 28 heavy (non-hydrogen) atoms. The van der Waals surface area contributed by atoms with Crippen LogP contribution in [-0.2, 0) is 11.3 Å². The summed E-state index contributed by atoms with van der Waals surface area (Å²) < 4.78 is 1.10. The van der Waals surface area contributed by atoms with Gasteiger partial charge >= 0.3 is 0 Å². The summed E-state index contributed by atoms with van der Waals surface area (Å²) in [5, 5.41) is 11.3. The molecular weight excluding hydrogens is 372 g/mol. The zero-order valence-electron chi connectivity index (χ0n) is 15.5. The van der Waals surface area contributed by atoms with E-state index in [9.17, 15) is 9.59 Å². The van der Waals surface area contributed by atoms with Crippen molar-refractivity contribution in [3.8, 4) is 10.4 Å². The molecule has 6 nitrogen and oxygen atoms in total. The predicted molar refractivity (Wildman–Crippen MR) is 112 cm³/mol. The van der Waals surface area contributed by atoms with E-state index in [1.807, 2.05) is 68.4 Å². The maximum Gasteiger partial charge on any atom is 0.279 e. The summed E-state index contributed by atoms with van der Waals surface area (Å²) in [6.45, 7) is 3.74. The highest BCUT2D eigenvalue weighted by Gasteiger charge is 2.13. The first-order valence-corrected chi connectivity index (χ1v) is 9.62. The SMILES string of the molecule is Cc1cc(C)cc(NC(=O)Cn2nnc3sc(-c4ccccc4)cc3c2=O)c1. The molecule has 0 atom stereocenters. The molecule has 2 aromatic carbocycles. The first-order chi connectivity index (χ1) is 13.5. The Labute approximate surface area is 165 Å². The van der Waals surface area contributed by atoms with Gasteiger partial charge in [-0.2, -0.15) is 0 Å². The Morgan fingerprint density at radius 1 is 1.07 bits per heavy atom. The fourth-order valence-corrected chi connectivity index (χ4v) is 4.09. The molecule has 2 heterocycles. The predicted octanol–water partition coefficient (Wildman–Crippen LogP) is 3.78. The number of nitrogens with zero attached hydrogens (tertiary/aromatic N) is 3. The van der Waals surface area contributed by atoms with Crippen LogP contribution in [0.2, 0.25) is 0 Å². The Hall–Kier alpha value is -3.32. The summed E-state index contributed by atoms with van der Waals surface area (Å²) in [5.74, 6) is -0.320. The first-order valence-electron chi connectivity index (χ1n) is 8.80. The van der Waals surface area contributed by atoms with Crippen LogP contribution in [0.5, 0.6) is 0 Å². The number of anilines is 1. The summed E-state index contributed by atoms with van der Waals surface area (Å²) >= 11 is 1.41. The first kappa shape index (κ1) is 18.1. The molecule has 7 heteroatoms. The molecule has 0 unspecified atom stereocenters. The third kappa shape index (κ3) is 3.70. The average Bonchev–Trinajstić information content (AvgIpc) is 3.09. The van der Waals surface area contributed by atoms with Crippen LogP contribution in [0.3, 0.4) is 0 Å². The lowest BCUT2D eigenvalue weighted by Gasteiger charge is -2.08. The molecule has 140 valence electrons. The topological polar surface area (TPSA) is 76.9 Å². The van der Waals surface area contributed by atoms with Gasteiger partial charge in [0.15, 0.2) is 4.83 Å². The van der Waals surface area contributed by atoms with Gasteiger partial charge in [-0.25, -0.2) is 4.68 Å². The van der Waals surface area contributed by atoms with E-state index >= 15 is 0 Å². The number of aromatic nitrogens is 3. The van der Waals surface area contributed by atoms with E-state index < -0.39 is 0 Å². The highest BCUT2D eigenvalue weighted by molar-refractivity contribution is 7.21. The minimum Gasteiger partial charge on any atom is -0.324 e. The minimum absolute atomic E-state index is 0.189. The third-order valence-corrected chi connectivity index (χ3v) is 5.35. The van der Waals surface area contributed by atoms with E-state index in [1.165, 1.54) is 11.3 Å². The van der Waals surface area contributed by atoms with E-state index in [0.29, 0.717) is 15.9 Å². The lowest BCUT2D eigenvalue weighted by molar-refractivity contribution is -0.117. The molecule has 0 saturated carbocycles. The molecule has 0 aliphatic carbocycles. The van der Waals surface area contributed by atoms with Gasteiger partial charge in [-0.05, 0) is 48.7 Å². The second kappa shape index (κ2) is 7.36. The van der Waals surface area contributed by atoms with Gasteiger partial charge in [-0.15, -0.1) is 16.4 Å². The molecule has 0 bridgehead atoms. The summed E-state index contributed by atoms with van der Waals surface area (Å²) in [6, 6.07) is 17.4. The van der Waals surface area contributed by atoms with Crippen molar-refractivity contribution in [2.24, 2.45) is 0 Å². The molecule has 0 spiro atoms. The molecular formula is C21H18N4O2S. The van der Waals surface area contributed by atoms with Crippen LogP contribution in [-0.4, -0.2) is 20.9 Å². The molecule has 0 radical (unpaired) electrons. The van der Waals surface area contributed by atoms with Crippen molar-refractivity contribution in [1.29, 1.82) is 0 Å². The Balaban J connectivity index is 1.59. The molecule has 4 rings (SSSR count). The number of carbonyl (C=O) groups excluding carboxylic acids is 1. The fraction of sp³-hybridized carbons (Fsp3) is 0.143. The summed E-state index contributed by atoms with van der Waals surface area (Å²) in [6.07, 6.45) is 0. The number of hydrogen-bond acceptors (Lipinski definition) is 5. The Bertz CT molecular complexity index is 1210. The van der Waals surface area contributed by atoms with Crippen molar-refractivity contribution in [1.82, 2.24) is 15.0 Å². The maximum absolute atomic E-state index is 12.8. The lowest BCUT2D eigenvalue weighted by Crippen LogP contribution is -2.30. The number of hydrogen-bond donors (Lipinski definition) is 1. The molecule has 0 fully saturated rings. The quantitative estimate of drug-likeness (QED) is 0.575. The average molecular weight is 390 g/mol. The van der Waals surface area contributed by atoms with Crippen LogP contribution in [0.1, 0.15) is 11.1 Å². The van der Waals surface area contributed by atoms with Crippen molar-refractivity contribution < 1.29 is 4.79 Å². The van der Waals surface area contributed by atoms with Crippen molar-refractivity contribution in [2.45, 2.75) is 20.4 Å². The number of amides is 1. The van der Waals surface area contributed by atoms with Crippen LogP contribution < -0.4 is 10.9 Å². The molecule has 1 amide bonds. The number of rotatable bonds is 4. The van der Waals surface area contributed by atoms with E-state index in [0.717, 1.165) is 26.2 Å². The van der Waals surface area contributed by atoms with Crippen molar-refractivity contribution in [2.75, 3.05) is 5.32 Å². The number of benzene rings is 2. The van der Waals surface area contributed by atoms with Crippen molar-refractivity contribution in [3.63, 3.8) is 0 Å². The molecule has 0 aliphatic heterocycles. The van der Waals surface area contributed by atoms with Gasteiger partial charge in [-0.3, -0.25) is 9.59 Å².